The fourth-order valence-corrected chi connectivity index (χ4v) is 1.68. The highest BCUT2D eigenvalue weighted by molar-refractivity contribution is 5.84. The predicted molar refractivity (Wildman–Crippen MR) is 61.9 cm³/mol. The highest BCUT2D eigenvalue weighted by Gasteiger charge is 2.35. The second-order valence-electron chi connectivity index (χ2n) is 3.77. The molecule has 0 fully saturated rings. The molecule has 0 aliphatic heterocycles. The van der Waals surface area contributed by atoms with Crippen LogP contribution in [0, 0.1) is 11.3 Å². The van der Waals surface area contributed by atoms with Gasteiger partial charge in [0, 0.05) is 5.56 Å². The molecule has 0 aromatic heterocycles. The zero-order valence-electron chi connectivity index (χ0n) is 10.5. The Morgan fingerprint density at radius 1 is 1.45 bits per heavy atom. The second-order valence-corrected chi connectivity index (χ2v) is 3.77. The normalized spacial score (nSPS) is 10.8. The van der Waals surface area contributed by atoms with Gasteiger partial charge in [-0.25, -0.2) is 0 Å². The number of carbonyl (C=O) groups excluding carboxylic acids is 2. The number of esters is 1. The summed E-state index contributed by atoms with van der Waals surface area (Å²) in [5.41, 5.74) is -2.39. The molecule has 0 N–H and O–H groups in total. The van der Waals surface area contributed by atoms with Gasteiger partial charge in [0.1, 0.15) is 6.07 Å². The van der Waals surface area contributed by atoms with Crippen molar-refractivity contribution in [3.05, 3.63) is 34.4 Å². The van der Waals surface area contributed by atoms with Gasteiger partial charge in [0.05, 0.1) is 24.2 Å². The number of nitrogens with zero attached hydrogens (tertiary/aromatic N) is 1. The molecular formula is C13H10F3NO3. The zero-order chi connectivity index (χ0) is 15.3. The maximum absolute atomic E-state index is 12.7. The Morgan fingerprint density at radius 3 is 2.55 bits per heavy atom. The molecule has 0 aliphatic rings. The van der Waals surface area contributed by atoms with Crippen LogP contribution in [0.1, 0.15) is 34.0 Å². The third-order valence-electron chi connectivity index (χ3n) is 2.51. The second kappa shape index (κ2) is 6.19. The van der Waals surface area contributed by atoms with Crippen molar-refractivity contribution in [1.29, 1.82) is 5.26 Å². The Labute approximate surface area is 112 Å². The molecule has 1 rings (SSSR count). The first kappa shape index (κ1) is 15.7. The van der Waals surface area contributed by atoms with E-state index in [1.165, 1.54) is 6.07 Å². The van der Waals surface area contributed by atoms with E-state index in [0.717, 1.165) is 6.07 Å². The highest BCUT2D eigenvalue weighted by Crippen LogP contribution is 2.33. The summed E-state index contributed by atoms with van der Waals surface area (Å²) in [5.74, 6) is -0.680. The molecule has 0 amide bonds. The summed E-state index contributed by atoms with van der Waals surface area (Å²) >= 11 is 0. The van der Waals surface area contributed by atoms with Crippen molar-refractivity contribution in [2.24, 2.45) is 0 Å². The molecule has 0 saturated carbocycles. The molecule has 4 nitrogen and oxygen atoms in total. The van der Waals surface area contributed by atoms with E-state index in [1.54, 1.807) is 6.92 Å². The van der Waals surface area contributed by atoms with E-state index in [9.17, 15) is 22.8 Å². The monoisotopic (exact) mass is 285 g/mol. The molecule has 0 heterocycles. The van der Waals surface area contributed by atoms with Crippen molar-refractivity contribution in [1.82, 2.24) is 0 Å². The first-order chi connectivity index (χ1) is 9.35. The zero-order valence-corrected chi connectivity index (χ0v) is 10.5. The first-order valence-corrected chi connectivity index (χ1v) is 5.59. The Morgan fingerprint density at radius 2 is 2.10 bits per heavy atom. The molecule has 0 spiro atoms. The summed E-state index contributed by atoms with van der Waals surface area (Å²) in [4.78, 5) is 22.2. The van der Waals surface area contributed by atoms with E-state index in [2.05, 4.69) is 4.74 Å². The van der Waals surface area contributed by atoms with Crippen molar-refractivity contribution in [3.8, 4) is 6.07 Å². The topological polar surface area (TPSA) is 67.2 Å². The minimum absolute atomic E-state index is 0.0288. The van der Waals surface area contributed by atoms with Crippen LogP contribution in [0.4, 0.5) is 13.2 Å². The fourth-order valence-electron chi connectivity index (χ4n) is 1.68. The SMILES string of the molecule is CCOC(=O)Cc1ccc(C(F)(F)F)c(C=O)c1C#N. The number of hydrogen-bond donors (Lipinski definition) is 0. The molecule has 1 aromatic carbocycles. The minimum Gasteiger partial charge on any atom is -0.466 e. The van der Waals surface area contributed by atoms with Crippen LogP contribution < -0.4 is 0 Å². The number of benzene rings is 1. The Bertz CT molecular complexity index is 573. The van der Waals surface area contributed by atoms with Crippen LogP contribution >= 0.6 is 0 Å². The maximum Gasteiger partial charge on any atom is 0.417 e. The average Bonchev–Trinajstić information content (AvgIpc) is 2.36. The number of aldehydes is 1. The van der Waals surface area contributed by atoms with Gasteiger partial charge in [-0.05, 0) is 18.6 Å². The van der Waals surface area contributed by atoms with Gasteiger partial charge in [0.25, 0.3) is 0 Å². The number of rotatable bonds is 4. The van der Waals surface area contributed by atoms with E-state index in [-0.39, 0.29) is 24.9 Å². The number of hydrogen-bond acceptors (Lipinski definition) is 4. The van der Waals surface area contributed by atoms with Gasteiger partial charge >= 0.3 is 12.1 Å². The molecule has 0 atom stereocenters. The Hall–Kier alpha value is -2.36. The largest absolute Gasteiger partial charge is 0.466 e. The summed E-state index contributed by atoms with van der Waals surface area (Å²) in [6.07, 6.45) is -5.14. The van der Waals surface area contributed by atoms with E-state index in [1.807, 2.05) is 0 Å². The molecule has 106 valence electrons. The lowest BCUT2D eigenvalue weighted by molar-refractivity contribution is -0.142. The predicted octanol–water partition coefficient (Wildman–Crippen LogP) is 2.50. The van der Waals surface area contributed by atoms with Gasteiger partial charge in [-0.2, -0.15) is 18.4 Å². The number of carbonyl (C=O) groups is 2. The summed E-state index contributed by atoms with van der Waals surface area (Å²) in [6.45, 7) is 1.69. The van der Waals surface area contributed by atoms with Gasteiger partial charge in [0.15, 0.2) is 6.29 Å². The van der Waals surface area contributed by atoms with Crippen LogP contribution in [-0.4, -0.2) is 18.9 Å². The molecule has 0 aliphatic carbocycles. The van der Waals surface area contributed by atoms with Crippen LogP contribution in [-0.2, 0) is 22.1 Å². The lowest BCUT2D eigenvalue weighted by Crippen LogP contribution is -2.14. The molecule has 0 radical (unpaired) electrons. The minimum atomic E-state index is -4.75. The van der Waals surface area contributed by atoms with Gasteiger partial charge in [0.2, 0.25) is 0 Å². The number of nitriles is 1. The van der Waals surface area contributed by atoms with Crippen molar-refractivity contribution >= 4 is 12.3 Å². The van der Waals surface area contributed by atoms with Crippen molar-refractivity contribution in [2.45, 2.75) is 19.5 Å². The Balaban J connectivity index is 3.34. The van der Waals surface area contributed by atoms with Crippen molar-refractivity contribution < 1.29 is 27.5 Å². The smallest absolute Gasteiger partial charge is 0.417 e. The van der Waals surface area contributed by atoms with Gasteiger partial charge < -0.3 is 4.74 Å². The van der Waals surface area contributed by atoms with E-state index in [4.69, 9.17) is 5.26 Å². The third kappa shape index (κ3) is 3.35. The van der Waals surface area contributed by atoms with E-state index < -0.39 is 28.8 Å². The Kier molecular flexibility index (Phi) is 4.86. The van der Waals surface area contributed by atoms with Crippen LogP contribution in [0.25, 0.3) is 0 Å². The lowest BCUT2D eigenvalue weighted by atomic mass is 9.95. The number of halogens is 3. The molecule has 0 bridgehead atoms. The summed E-state index contributed by atoms with van der Waals surface area (Å²) in [5, 5.41) is 8.93. The highest BCUT2D eigenvalue weighted by atomic mass is 19.4. The molecule has 0 unspecified atom stereocenters. The number of ether oxygens (including phenoxy) is 1. The van der Waals surface area contributed by atoms with Gasteiger partial charge in [-0.1, -0.05) is 6.07 Å². The quantitative estimate of drug-likeness (QED) is 0.629. The average molecular weight is 285 g/mol. The van der Waals surface area contributed by atoms with Crippen LogP contribution in [0.3, 0.4) is 0 Å². The molecule has 0 saturated heterocycles. The molecular weight excluding hydrogens is 275 g/mol. The van der Waals surface area contributed by atoms with Crippen LogP contribution in [0.2, 0.25) is 0 Å². The van der Waals surface area contributed by atoms with Gasteiger partial charge in [-0.3, -0.25) is 9.59 Å². The first-order valence-electron chi connectivity index (χ1n) is 5.59. The van der Waals surface area contributed by atoms with E-state index in [0.29, 0.717) is 6.07 Å². The van der Waals surface area contributed by atoms with Crippen LogP contribution in [0.5, 0.6) is 0 Å². The summed E-state index contributed by atoms with van der Waals surface area (Å²) < 4.78 is 42.8. The summed E-state index contributed by atoms with van der Waals surface area (Å²) in [7, 11) is 0. The van der Waals surface area contributed by atoms with E-state index >= 15 is 0 Å². The molecule has 1 aromatic rings. The summed E-state index contributed by atoms with van der Waals surface area (Å²) in [6, 6.07) is 3.22. The number of alkyl halides is 3. The molecule has 20 heavy (non-hydrogen) atoms. The maximum atomic E-state index is 12.7. The fraction of sp³-hybridized carbons (Fsp3) is 0.308. The van der Waals surface area contributed by atoms with Gasteiger partial charge in [-0.15, -0.1) is 0 Å². The third-order valence-corrected chi connectivity index (χ3v) is 2.51. The molecule has 7 heteroatoms. The lowest BCUT2D eigenvalue weighted by Gasteiger charge is -2.13. The standard InChI is InChI=1S/C13H10F3NO3/c1-2-20-12(19)5-8-3-4-11(13(14,15)16)10(7-18)9(8)6-17/h3-4,7H,2,5H2,1H3. The van der Waals surface area contributed by atoms with Crippen molar-refractivity contribution in [3.63, 3.8) is 0 Å². The van der Waals surface area contributed by atoms with Crippen molar-refractivity contribution in [2.75, 3.05) is 6.61 Å². The van der Waals surface area contributed by atoms with Crippen LogP contribution in [0.15, 0.2) is 12.1 Å².